The van der Waals surface area contributed by atoms with Crippen LogP contribution in [0.5, 0.6) is 0 Å². The van der Waals surface area contributed by atoms with Crippen LogP contribution in [-0.2, 0) is 11.3 Å². The average Bonchev–Trinajstić information content (AvgIpc) is 2.96. The maximum atomic E-state index is 13.0. The van der Waals surface area contributed by atoms with E-state index < -0.39 is 11.9 Å². The largest absolute Gasteiger partial charge is 0.366 e. The van der Waals surface area contributed by atoms with Gasteiger partial charge in [-0.15, -0.1) is 0 Å². The quantitative estimate of drug-likeness (QED) is 0.824. The molecule has 2 aromatic rings. The summed E-state index contributed by atoms with van der Waals surface area (Å²) in [7, 11) is 0. The smallest absolute Gasteiger partial charge is 0.255 e. The standard InChI is InChI=1S/C21H23N3O3/c1-13(2)11-18(24-12-14-7-3-4-8-15(14)21(24)27)20(26)23-17-10-6-5-9-16(17)19(22)25/h3-10,13,18H,11-12H2,1-2H3,(H2,22,25)(H,23,26). The molecule has 0 fully saturated rings. The summed E-state index contributed by atoms with van der Waals surface area (Å²) in [6.45, 7) is 4.41. The minimum atomic E-state index is -0.633. The Morgan fingerprint density at radius 2 is 1.78 bits per heavy atom. The summed E-state index contributed by atoms with van der Waals surface area (Å²) in [6, 6.07) is 13.3. The lowest BCUT2D eigenvalue weighted by atomic mass is 10.0. The first-order valence-electron chi connectivity index (χ1n) is 8.97. The van der Waals surface area contributed by atoms with E-state index in [-0.39, 0.29) is 23.3 Å². The summed E-state index contributed by atoms with van der Waals surface area (Å²) in [4.78, 5) is 39.1. The van der Waals surface area contributed by atoms with Crippen molar-refractivity contribution >= 4 is 23.4 Å². The van der Waals surface area contributed by atoms with Crippen LogP contribution in [0.15, 0.2) is 48.5 Å². The number of nitrogens with one attached hydrogen (secondary N) is 1. The molecule has 27 heavy (non-hydrogen) atoms. The van der Waals surface area contributed by atoms with Gasteiger partial charge in [0.2, 0.25) is 5.91 Å². The van der Waals surface area contributed by atoms with Gasteiger partial charge in [-0.05, 0) is 36.1 Å². The van der Waals surface area contributed by atoms with Crippen molar-refractivity contribution in [3.63, 3.8) is 0 Å². The molecule has 6 heteroatoms. The van der Waals surface area contributed by atoms with Gasteiger partial charge < -0.3 is 16.0 Å². The molecule has 1 aliphatic heterocycles. The van der Waals surface area contributed by atoms with Crippen molar-refractivity contribution in [3.8, 4) is 0 Å². The third-order valence-corrected chi connectivity index (χ3v) is 4.67. The summed E-state index contributed by atoms with van der Waals surface area (Å²) >= 11 is 0. The molecule has 1 heterocycles. The maximum absolute atomic E-state index is 13.0. The Hall–Kier alpha value is -3.15. The van der Waals surface area contributed by atoms with Gasteiger partial charge in [0.05, 0.1) is 11.3 Å². The number of nitrogens with zero attached hydrogens (tertiary/aromatic N) is 1. The molecule has 3 amide bonds. The van der Waals surface area contributed by atoms with Gasteiger partial charge in [0.25, 0.3) is 11.8 Å². The van der Waals surface area contributed by atoms with Crippen LogP contribution in [0.3, 0.4) is 0 Å². The fraction of sp³-hybridized carbons (Fsp3) is 0.286. The van der Waals surface area contributed by atoms with E-state index in [9.17, 15) is 14.4 Å². The predicted molar refractivity (Wildman–Crippen MR) is 103 cm³/mol. The second kappa shape index (κ2) is 7.61. The molecule has 6 nitrogen and oxygen atoms in total. The van der Waals surface area contributed by atoms with Gasteiger partial charge in [-0.25, -0.2) is 0 Å². The van der Waals surface area contributed by atoms with E-state index in [0.29, 0.717) is 24.2 Å². The Labute approximate surface area is 158 Å². The Bertz CT molecular complexity index is 892. The number of nitrogens with two attached hydrogens (primary N) is 1. The Balaban J connectivity index is 1.87. The number of primary amides is 1. The molecule has 1 unspecified atom stereocenters. The van der Waals surface area contributed by atoms with Gasteiger partial charge in [0, 0.05) is 12.1 Å². The second-order valence-corrected chi connectivity index (χ2v) is 7.13. The molecule has 0 spiro atoms. The number of carbonyl (C=O) groups excluding carboxylic acids is 3. The number of fused-ring (bicyclic) bond motifs is 1. The molecular weight excluding hydrogens is 342 g/mol. The lowest BCUT2D eigenvalue weighted by Gasteiger charge is -2.28. The molecule has 0 aliphatic carbocycles. The zero-order valence-electron chi connectivity index (χ0n) is 15.4. The molecule has 0 aromatic heterocycles. The highest BCUT2D eigenvalue weighted by Gasteiger charge is 2.36. The summed E-state index contributed by atoms with van der Waals surface area (Å²) in [5.74, 6) is -0.868. The molecule has 1 aliphatic rings. The van der Waals surface area contributed by atoms with Crippen molar-refractivity contribution in [3.05, 3.63) is 65.2 Å². The maximum Gasteiger partial charge on any atom is 0.255 e. The molecule has 0 radical (unpaired) electrons. The van der Waals surface area contributed by atoms with Crippen LogP contribution >= 0.6 is 0 Å². The molecule has 3 N–H and O–H groups in total. The van der Waals surface area contributed by atoms with Gasteiger partial charge in [0.15, 0.2) is 0 Å². The normalized spacial score (nSPS) is 14.2. The third-order valence-electron chi connectivity index (χ3n) is 4.67. The number of rotatable bonds is 6. The van der Waals surface area contributed by atoms with Gasteiger partial charge >= 0.3 is 0 Å². The van der Waals surface area contributed by atoms with E-state index in [1.54, 1.807) is 35.2 Å². The van der Waals surface area contributed by atoms with Gasteiger partial charge in [-0.1, -0.05) is 44.2 Å². The molecule has 0 bridgehead atoms. The molecule has 3 rings (SSSR count). The van der Waals surface area contributed by atoms with Crippen molar-refractivity contribution in [2.24, 2.45) is 11.7 Å². The average molecular weight is 365 g/mol. The van der Waals surface area contributed by atoms with Crippen LogP contribution in [0.2, 0.25) is 0 Å². The minimum Gasteiger partial charge on any atom is -0.366 e. The van der Waals surface area contributed by atoms with E-state index in [0.717, 1.165) is 5.56 Å². The molecule has 2 aromatic carbocycles. The van der Waals surface area contributed by atoms with E-state index in [2.05, 4.69) is 5.32 Å². The molecule has 140 valence electrons. The Morgan fingerprint density at radius 1 is 1.11 bits per heavy atom. The van der Waals surface area contributed by atoms with Crippen LogP contribution in [0.4, 0.5) is 5.69 Å². The van der Waals surface area contributed by atoms with Gasteiger partial charge in [0.1, 0.15) is 6.04 Å². The Kier molecular flexibility index (Phi) is 5.26. The van der Waals surface area contributed by atoms with Crippen LogP contribution in [-0.4, -0.2) is 28.7 Å². The van der Waals surface area contributed by atoms with Crippen molar-refractivity contribution in [2.75, 3.05) is 5.32 Å². The van der Waals surface area contributed by atoms with Gasteiger partial charge in [-0.2, -0.15) is 0 Å². The number of benzene rings is 2. The fourth-order valence-electron chi connectivity index (χ4n) is 3.37. The third kappa shape index (κ3) is 3.84. The first-order chi connectivity index (χ1) is 12.9. The zero-order valence-corrected chi connectivity index (χ0v) is 15.4. The molecule has 0 saturated heterocycles. The van der Waals surface area contributed by atoms with E-state index in [4.69, 9.17) is 5.73 Å². The number of hydrogen-bond donors (Lipinski definition) is 2. The van der Waals surface area contributed by atoms with Crippen molar-refractivity contribution < 1.29 is 14.4 Å². The fourth-order valence-corrected chi connectivity index (χ4v) is 3.37. The predicted octanol–water partition coefficient (Wildman–Crippen LogP) is 2.79. The van der Waals surface area contributed by atoms with E-state index in [1.807, 2.05) is 32.0 Å². The first kappa shape index (κ1) is 18.6. The number of para-hydroxylation sites is 1. The topological polar surface area (TPSA) is 92.5 Å². The van der Waals surface area contributed by atoms with Crippen molar-refractivity contribution in [1.82, 2.24) is 4.90 Å². The number of amides is 3. The highest BCUT2D eigenvalue weighted by atomic mass is 16.2. The highest BCUT2D eigenvalue weighted by molar-refractivity contribution is 6.06. The molecule has 1 atom stereocenters. The van der Waals surface area contributed by atoms with Crippen molar-refractivity contribution in [2.45, 2.75) is 32.9 Å². The monoisotopic (exact) mass is 365 g/mol. The number of hydrogen-bond acceptors (Lipinski definition) is 3. The van der Waals surface area contributed by atoms with E-state index in [1.165, 1.54) is 0 Å². The van der Waals surface area contributed by atoms with Crippen LogP contribution in [0.25, 0.3) is 0 Å². The lowest BCUT2D eigenvalue weighted by molar-refractivity contribution is -0.121. The summed E-state index contributed by atoms with van der Waals surface area (Å²) in [6.07, 6.45) is 0.518. The SMILES string of the molecule is CC(C)CC(C(=O)Nc1ccccc1C(N)=O)N1Cc2ccccc2C1=O. The van der Waals surface area contributed by atoms with Gasteiger partial charge in [-0.3, -0.25) is 14.4 Å². The second-order valence-electron chi connectivity index (χ2n) is 7.13. The molecule has 0 saturated carbocycles. The van der Waals surface area contributed by atoms with Crippen LogP contribution in [0, 0.1) is 5.92 Å². The minimum absolute atomic E-state index is 0.144. The van der Waals surface area contributed by atoms with Crippen LogP contribution in [0.1, 0.15) is 46.5 Å². The lowest BCUT2D eigenvalue weighted by Crippen LogP contribution is -2.45. The summed E-state index contributed by atoms with van der Waals surface area (Å²) < 4.78 is 0. The van der Waals surface area contributed by atoms with Crippen molar-refractivity contribution in [1.29, 1.82) is 0 Å². The highest BCUT2D eigenvalue weighted by Crippen LogP contribution is 2.27. The van der Waals surface area contributed by atoms with E-state index >= 15 is 0 Å². The first-order valence-corrected chi connectivity index (χ1v) is 8.97. The number of anilines is 1. The number of carbonyl (C=O) groups is 3. The summed E-state index contributed by atoms with van der Waals surface area (Å²) in [5.41, 5.74) is 7.54. The molecular formula is C21H23N3O3. The summed E-state index contributed by atoms with van der Waals surface area (Å²) in [5, 5.41) is 2.79. The zero-order chi connectivity index (χ0) is 19.6. The van der Waals surface area contributed by atoms with Crippen LogP contribution < -0.4 is 11.1 Å². The Morgan fingerprint density at radius 3 is 2.44 bits per heavy atom.